The summed E-state index contributed by atoms with van der Waals surface area (Å²) in [6.45, 7) is 37.5. The summed E-state index contributed by atoms with van der Waals surface area (Å²) in [5, 5.41) is 34.8. The largest absolute Gasteiger partial charge is 0.512 e. The van der Waals surface area contributed by atoms with Crippen LogP contribution in [-0.2, 0) is 75.3 Å². The molecule has 0 aliphatic carbocycles. The van der Waals surface area contributed by atoms with Crippen LogP contribution in [0.25, 0.3) is 67.5 Å². The summed E-state index contributed by atoms with van der Waals surface area (Å²) in [6.07, 6.45) is 8.51. The van der Waals surface area contributed by atoms with Gasteiger partial charge in [0.25, 0.3) is 0 Å². The van der Waals surface area contributed by atoms with Crippen LogP contribution in [0, 0.1) is 85.4 Å². The molecule has 12 nitrogen and oxygen atoms in total. The molecule has 0 aliphatic rings. The van der Waals surface area contributed by atoms with E-state index in [9.17, 15) is 14.7 Å². The second-order valence-electron chi connectivity index (χ2n) is 25.6. The minimum absolute atomic E-state index is 0. The Morgan fingerprint density at radius 1 is 0.531 bits per heavy atom. The third-order valence-corrected chi connectivity index (χ3v) is 13.9. The van der Waals surface area contributed by atoms with Crippen molar-refractivity contribution in [1.82, 2.24) is 29.9 Å². The van der Waals surface area contributed by atoms with Gasteiger partial charge in [-0.2, -0.15) is 0 Å². The fourth-order valence-corrected chi connectivity index (χ4v) is 10.0. The normalized spacial score (nSPS) is 11.4. The Morgan fingerprint density at radius 2 is 1.06 bits per heavy atom. The smallest absolute Gasteiger partial charge is 0.159 e. The molecule has 0 saturated carbocycles. The van der Waals surface area contributed by atoms with Gasteiger partial charge >= 0.3 is 0 Å². The Bertz CT molecular complexity index is 3850. The van der Waals surface area contributed by atoms with Gasteiger partial charge in [-0.3, -0.25) is 24.5 Å². The van der Waals surface area contributed by atoms with Gasteiger partial charge < -0.3 is 25.4 Å². The number of hydrogen-bond acceptors (Lipinski definition) is 12. The van der Waals surface area contributed by atoms with Crippen LogP contribution in [-0.4, -0.2) is 74.1 Å². The van der Waals surface area contributed by atoms with Crippen molar-refractivity contribution in [1.29, 1.82) is 0 Å². The van der Waals surface area contributed by atoms with Crippen LogP contribution in [0.5, 0.6) is 0 Å². The molecule has 3 aromatic heterocycles. The van der Waals surface area contributed by atoms with Crippen LogP contribution in [0.1, 0.15) is 146 Å². The van der Waals surface area contributed by atoms with Crippen molar-refractivity contribution in [2.75, 3.05) is 0 Å². The van der Waals surface area contributed by atoms with E-state index >= 15 is 0 Å². The molecule has 0 aliphatic heterocycles. The number of ketones is 2. The second kappa shape index (κ2) is 43.2. The molecule has 3 heterocycles. The SMILES string of the molecule is CC(=O)C=C(C)O.CC(C)(C)c1cc(-c2[c-]cccc2)ncn1.CC(C)CC(=O)C=C(O)CC(C)C.CC(O)CC(C)O.Cc1[c-]c(-c2ncc(-c3c(C)cccc3C)nc2-c2cc(C)cc(C)c2)cc(C)c1.Cc1ccccc1-c1ncnc(-c2[c-]cccc2)c1C.[Ir].[Ir].[Ir]. The molecule has 2 atom stereocenters. The Labute approximate surface area is 613 Å². The number of carbonyl (C=O) groups is 2. The average molecular weight is 1830 g/mol. The van der Waals surface area contributed by atoms with E-state index in [1.807, 2.05) is 101 Å². The molecule has 517 valence electrons. The van der Waals surface area contributed by atoms with Gasteiger partial charge in [0.2, 0.25) is 0 Å². The molecule has 3 radical (unpaired) electrons. The molecule has 2 unspecified atom stereocenters. The molecule has 4 N–H and O–H groups in total. The number of carbonyl (C=O) groups excluding carboxylic acids is 2. The fraction of sp³-hybridized carbons (Fsp3) is 0.333. The number of aliphatic hydroxyl groups excluding tert-OH is 4. The van der Waals surface area contributed by atoms with Gasteiger partial charge in [-0.15, -0.1) is 107 Å². The summed E-state index contributed by atoms with van der Waals surface area (Å²) in [7, 11) is 0. The van der Waals surface area contributed by atoms with Gasteiger partial charge in [0.1, 0.15) is 12.7 Å². The molecular weight excluding hydrogens is 1730 g/mol. The first-order valence-corrected chi connectivity index (χ1v) is 31.7. The zero-order valence-corrected chi connectivity index (χ0v) is 66.4. The van der Waals surface area contributed by atoms with Crippen LogP contribution in [0.15, 0.2) is 170 Å². The van der Waals surface area contributed by atoms with Crippen LogP contribution in [0.3, 0.4) is 0 Å². The zero-order chi connectivity index (χ0) is 69.1. The quantitative estimate of drug-likeness (QED) is 0.0458. The van der Waals surface area contributed by atoms with Crippen LogP contribution in [0.2, 0.25) is 0 Å². The Kier molecular flexibility index (Phi) is 39.1. The van der Waals surface area contributed by atoms with E-state index in [4.69, 9.17) is 25.3 Å². The molecule has 6 aromatic carbocycles. The monoisotopic (exact) mass is 1830 g/mol. The number of benzene rings is 6. The first-order chi connectivity index (χ1) is 43.8. The van der Waals surface area contributed by atoms with E-state index in [0.717, 1.165) is 84.4 Å². The van der Waals surface area contributed by atoms with Crippen molar-refractivity contribution in [2.24, 2.45) is 11.8 Å². The van der Waals surface area contributed by atoms with Gasteiger partial charge in [0, 0.05) is 119 Å². The van der Waals surface area contributed by atoms with Gasteiger partial charge in [0.05, 0.1) is 40.8 Å². The number of aliphatic hydroxyl groups is 4. The Morgan fingerprint density at radius 3 is 1.55 bits per heavy atom. The fourth-order valence-electron chi connectivity index (χ4n) is 10.0. The number of hydrogen-bond donors (Lipinski definition) is 4. The Balaban J connectivity index is 0.000000615. The van der Waals surface area contributed by atoms with Crippen molar-refractivity contribution < 1.29 is 90.3 Å². The van der Waals surface area contributed by atoms with Crippen LogP contribution >= 0.6 is 0 Å². The van der Waals surface area contributed by atoms with Gasteiger partial charge in [0.15, 0.2) is 11.6 Å². The standard InChI is InChI=1S/C28H27N2.C18H15N2.C14H15N2.C11H20O2.C5H12O2.C5H8O2.3Ir/c1-17-10-18(2)13-23(12-17)27-28(24-14-19(3)11-20(4)15-24)30-25(16-29-27)26-21(5)8-7-9-22(26)6;1-13-8-6-7-11-16(13)18-14(2)17(19-12-20-18)15-9-4-3-5-10-15;1-14(2,3)13-9-12(15-10-16-13)11-7-5-4-6-8-11;1-8(2)5-10(12)7-11(13)6-9(3)4;2*1-4(6)3-5(2)7;;;/h7-12,14-16H,1-6H3;3-9,11-12H,1-2H3;4-7,9-10H,1-3H3;7-9,12H,5-6H2,1-4H3;4-7H,3H2,1-2H3;3,6H,1-2H3;;;/q3*-1;;;;;;. The second-order valence-corrected chi connectivity index (χ2v) is 25.6. The van der Waals surface area contributed by atoms with Crippen molar-refractivity contribution in [3.05, 3.63) is 238 Å². The number of rotatable bonds is 14. The van der Waals surface area contributed by atoms with Crippen molar-refractivity contribution in [3.8, 4) is 67.5 Å². The molecule has 96 heavy (non-hydrogen) atoms. The molecule has 0 amide bonds. The summed E-state index contributed by atoms with van der Waals surface area (Å²) in [5.74, 6) is 0.917. The molecule has 15 heteroatoms. The first-order valence-electron chi connectivity index (χ1n) is 31.7. The van der Waals surface area contributed by atoms with Gasteiger partial charge in [-0.05, 0) is 127 Å². The van der Waals surface area contributed by atoms with Crippen molar-refractivity contribution in [2.45, 2.75) is 168 Å². The predicted octanol–water partition coefficient (Wildman–Crippen LogP) is 18.9. The summed E-state index contributed by atoms with van der Waals surface area (Å²) in [4.78, 5) is 48.8. The summed E-state index contributed by atoms with van der Waals surface area (Å²) in [5.41, 5.74) is 22.5. The summed E-state index contributed by atoms with van der Waals surface area (Å²) < 4.78 is 0. The first kappa shape index (κ1) is 86.9. The number of nitrogens with zero attached hydrogens (tertiary/aromatic N) is 6. The molecular formula is C81H97Ir3N6O6-3. The molecule has 0 saturated heterocycles. The maximum absolute atomic E-state index is 11.2. The zero-order valence-electron chi connectivity index (χ0n) is 59.2. The number of allylic oxidation sites excluding steroid dienone is 4. The van der Waals surface area contributed by atoms with E-state index in [0.29, 0.717) is 31.1 Å². The van der Waals surface area contributed by atoms with Gasteiger partial charge in [-0.1, -0.05) is 140 Å². The number of aromatic nitrogens is 6. The molecule has 9 rings (SSSR count). The molecule has 0 spiro atoms. The maximum Gasteiger partial charge on any atom is 0.159 e. The van der Waals surface area contributed by atoms with E-state index in [2.05, 4.69) is 175 Å². The summed E-state index contributed by atoms with van der Waals surface area (Å²) >= 11 is 0. The van der Waals surface area contributed by atoms with Crippen molar-refractivity contribution in [3.63, 3.8) is 0 Å². The van der Waals surface area contributed by atoms with E-state index in [1.54, 1.807) is 26.5 Å². The minimum Gasteiger partial charge on any atom is -0.512 e. The summed E-state index contributed by atoms with van der Waals surface area (Å²) in [6, 6.07) is 53.1. The van der Waals surface area contributed by atoms with Crippen LogP contribution < -0.4 is 0 Å². The maximum atomic E-state index is 11.2. The Hall–Kier alpha value is -7.15. The molecule has 0 fully saturated rings. The molecule has 0 bridgehead atoms. The van der Waals surface area contributed by atoms with E-state index in [-0.39, 0.29) is 101 Å². The third kappa shape index (κ3) is 30.5. The topological polar surface area (TPSA) is 192 Å². The minimum atomic E-state index is -0.375. The predicted molar refractivity (Wildman–Crippen MR) is 381 cm³/mol. The third-order valence-electron chi connectivity index (χ3n) is 13.9. The van der Waals surface area contributed by atoms with Crippen LogP contribution in [0.4, 0.5) is 0 Å². The molecule has 9 aromatic rings. The average Bonchev–Trinajstić information content (AvgIpc) is 0.788. The van der Waals surface area contributed by atoms with E-state index < -0.39 is 0 Å². The van der Waals surface area contributed by atoms with Gasteiger partial charge in [-0.25, -0.2) is 9.97 Å². The van der Waals surface area contributed by atoms with E-state index in [1.165, 1.54) is 59.4 Å². The van der Waals surface area contributed by atoms with Crippen molar-refractivity contribution >= 4 is 11.6 Å². The number of aryl methyl sites for hydroxylation is 7.